The van der Waals surface area contributed by atoms with Crippen LogP contribution in [0, 0.1) is 0 Å². The molecule has 30 heavy (non-hydrogen) atoms. The van der Waals surface area contributed by atoms with Crippen molar-refractivity contribution in [3.63, 3.8) is 0 Å². The summed E-state index contributed by atoms with van der Waals surface area (Å²) in [5.74, 6) is -0.820. The molecule has 0 spiro atoms. The molecule has 0 radical (unpaired) electrons. The van der Waals surface area contributed by atoms with E-state index in [1.807, 2.05) is 42.5 Å². The Morgan fingerprint density at radius 3 is 2.17 bits per heavy atom. The largest absolute Gasteiger partial charge is 0.481 e. The minimum absolute atomic E-state index is 0.00630. The van der Waals surface area contributed by atoms with Gasteiger partial charge in [-0.25, -0.2) is 4.79 Å². The van der Waals surface area contributed by atoms with Crippen LogP contribution < -0.4 is 5.32 Å². The third-order valence-electron chi connectivity index (χ3n) is 5.37. The monoisotopic (exact) mass is 401 g/mol. The van der Waals surface area contributed by atoms with E-state index in [4.69, 9.17) is 9.84 Å². The maximum Gasteiger partial charge on any atom is 0.407 e. The number of fused-ring (bicyclic) bond motifs is 3. The zero-order valence-corrected chi connectivity index (χ0v) is 16.5. The van der Waals surface area contributed by atoms with Gasteiger partial charge in [-0.05, 0) is 39.8 Å². The van der Waals surface area contributed by atoms with Crippen molar-refractivity contribution in [1.82, 2.24) is 5.32 Å². The Bertz CT molecular complexity index is 1030. The molecule has 0 unspecified atom stereocenters. The SMILES string of the molecule is O=C(O)Cc1cccc(CCNC(=O)OCC2c3ccccc3-c3ccccc32)c1. The van der Waals surface area contributed by atoms with Crippen molar-refractivity contribution >= 4 is 12.1 Å². The lowest BCUT2D eigenvalue weighted by atomic mass is 9.98. The molecule has 3 aromatic carbocycles. The van der Waals surface area contributed by atoms with Gasteiger partial charge in [-0.15, -0.1) is 0 Å². The molecular weight excluding hydrogens is 378 g/mol. The average Bonchev–Trinajstić information content (AvgIpc) is 3.06. The maximum atomic E-state index is 12.2. The standard InChI is InChI=1S/C25H23NO4/c27-24(28)15-18-7-5-6-17(14-18)12-13-26-25(29)30-16-23-21-10-3-1-8-19(21)20-9-2-4-11-22(20)23/h1-11,14,23H,12-13,15-16H2,(H,26,29)(H,27,28). The number of ether oxygens (including phenoxy) is 1. The molecule has 0 saturated heterocycles. The summed E-state index contributed by atoms with van der Waals surface area (Å²) in [6.07, 6.45) is 0.157. The Kier molecular flexibility index (Phi) is 5.80. The zero-order valence-electron chi connectivity index (χ0n) is 16.5. The molecule has 2 N–H and O–H groups in total. The second-order valence-corrected chi connectivity index (χ2v) is 7.39. The van der Waals surface area contributed by atoms with Crippen molar-refractivity contribution < 1.29 is 19.4 Å². The molecule has 0 heterocycles. The fourth-order valence-corrected chi connectivity index (χ4v) is 4.03. The molecule has 1 amide bonds. The lowest BCUT2D eigenvalue weighted by Crippen LogP contribution is -2.28. The van der Waals surface area contributed by atoms with E-state index in [1.54, 1.807) is 6.07 Å². The maximum absolute atomic E-state index is 12.2. The normalized spacial score (nSPS) is 12.1. The van der Waals surface area contributed by atoms with Crippen molar-refractivity contribution in [3.05, 3.63) is 95.1 Å². The molecule has 5 heteroatoms. The van der Waals surface area contributed by atoms with E-state index in [2.05, 4.69) is 29.6 Å². The second kappa shape index (κ2) is 8.82. The summed E-state index contributed by atoms with van der Waals surface area (Å²) in [5.41, 5.74) is 6.49. The second-order valence-electron chi connectivity index (χ2n) is 7.39. The minimum Gasteiger partial charge on any atom is -0.481 e. The van der Waals surface area contributed by atoms with Crippen molar-refractivity contribution in [1.29, 1.82) is 0 Å². The number of nitrogens with one attached hydrogen (secondary N) is 1. The van der Waals surface area contributed by atoms with Crippen molar-refractivity contribution in [2.24, 2.45) is 0 Å². The first-order valence-corrected chi connectivity index (χ1v) is 10.0. The zero-order chi connectivity index (χ0) is 20.9. The number of alkyl carbamates (subject to hydrolysis) is 1. The Labute approximate surface area is 175 Å². The summed E-state index contributed by atoms with van der Waals surface area (Å²) in [4.78, 5) is 23.1. The lowest BCUT2D eigenvalue weighted by molar-refractivity contribution is -0.136. The van der Waals surface area contributed by atoms with Crippen LogP contribution in [0.4, 0.5) is 4.79 Å². The average molecular weight is 401 g/mol. The Morgan fingerprint density at radius 2 is 1.50 bits per heavy atom. The van der Waals surface area contributed by atoms with Gasteiger partial charge in [-0.2, -0.15) is 0 Å². The molecule has 1 aliphatic carbocycles. The minimum atomic E-state index is -0.857. The number of benzene rings is 3. The quantitative estimate of drug-likeness (QED) is 0.615. The van der Waals surface area contributed by atoms with Gasteiger partial charge in [0.05, 0.1) is 6.42 Å². The highest BCUT2D eigenvalue weighted by atomic mass is 16.5. The fraction of sp³-hybridized carbons (Fsp3) is 0.200. The Hall–Kier alpha value is -3.60. The highest BCUT2D eigenvalue weighted by Gasteiger charge is 2.28. The molecule has 4 rings (SSSR count). The summed E-state index contributed by atoms with van der Waals surface area (Å²) in [5, 5.41) is 11.7. The number of carboxylic acid groups (broad SMARTS) is 1. The van der Waals surface area contributed by atoms with E-state index < -0.39 is 12.1 Å². The lowest BCUT2D eigenvalue weighted by Gasteiger charge is -2.14. The van der Waals surface area contributed by atoms with E-state index in [9.17, 15) is 9.59 Å². The van der Waals surface area contributed by atoms with E-state index in [1.165, 1.54) is 22.3 Å². The van der Waals surface area contributed by atoms with Gasteiger partial charge in [-0.3, -0.25) is 4.79 Å². The summed E-state index contributed by atoms with van der Waals surface area (Å²) < 4.78 is 5.53. The third kappa shape index (κ3) is 4.35. The van der Waals surface area contributed by atoms with Gasteiger partial charge in [0.1, 0.15) is 6.61 Å². The molecular formula is C25H23NO4. The van der Waals surface area contributed by atoms with Crippen molar-refractivity contribution in [2.45, 2.75) is 18.8 Å². The summed E-state index contributed by atoms with van der Waals surface area (Å²) in [6.45, 7) is 0.709. The van der Waals surface area contributed by atoms with Gasteiger partial charge in [0.25, 0.3) is 0 Å². The predicted molar refractivity (Wildman–Crippen MR) is 115 cm³/mol. The van der Waals surface area contributed by atoms with Crippen LogP contribution in [0.15, 0.2) is 72.8 Å². The molecule has 1 aliphatic rings. The number of carbonyl (C=O) groups excluding carboxylic acids is 1. The number of hydrogen-bond donors (Lipinski definition) is 2. The van der Waals surface area contributed by atoms with Crippen LogP contribution >= 0.6 is 0 Å². The number of carboxylic acids is 1. The topological polar surface area (TPSA) is 75.6 Å². The number of rotatable bonds is 7. The molecule has 5 nitrogen and oxygen atoms in total. The first-order valence-electron chi connectivity index (χ1n) is 10.0. The molecule has 0 bridgehead atoms. The molecule has 0 aliphatic heterocycles. The summed E-state index contributed by atoms with van der Waals surface area (Å²) in [6, 6.07) is 23.9. The highest BCUT2D eigenvalue weighted by molar-refractivity contribution is 5.79. The summed E-state index contributed by atoms with van der Waals surface area (Å²) >= 11 is 0. The smallest absolute Gasteiger partial charge is 0.407 e. The Balaban J connectivity index is 1.31. The van der Waals surface area contributed by atoms with Crippen molar-refractivity contribution in [3.8, 4) is 11.1 Å². The van der Waals surface area contributed by atoms with Gasteiger partial charge in [0.15, 0.2) is 0 Å². The summed E-state index contributed by atoms with van der Waals surface area (Å²) in [7, 11) is 0. The first-order chi connectivity index (χ1) is 14.6. The van der Waals surface area contributed by atoms with Gasteiger partial charge >= 0.3 is 12.1 Å². The fourth-order valence-electron chi connectivity index (χ4n) is 4.03. The highest BCUT2D eigenvalue weighted by Crippen LogP contribution is 2.44. The van der Waals surface area contributed by atoms with Crippen LogP contribution in [-0.2, 0) is 22.4 Å². The molecule has 152 valence electrons. The van der Waals surface area contributed by atoms with Crippen LogP contribution in [0.2, 0.25) is 0 Å². The van der Waals surface area contributed by atoms with Gasteiger partial charge in [-0.1, -0.05) is 72.8 Å². The van der Waals surface area contributed by atoms with Crippen LogP contribution in [0.3, 0.4) is 0 Å². The van der Waals surface area contributed by atoms with Gasteiger partial charge < -0.3 is 15.2 Å². The number of hydrogen-bond acceptors (Lipinski definition) is 3. The number of amides is 1. The molecule has 0 fully saturated rings. The molecule has 0 aromatic heterocycles. The van der Waals surface area contributed by atoms with Crippen molar-refractivity contribution in [2.75, 3.05) is 13.2 Å². The predicted octanol–water partition coefficient (Wildman–Crippen LogP) is 4.39. The molecule has 0 saturated carbocycles. The van der Waals surface area contributed by atoms with Gasteiger partial charge in [0.2, 0.25) is 0 Å². The van der Waals surface area contributed by atoms with E-state index in [0.717, 1.165) is 11.1 Å². The van der Waals surface area contributed by atoms with Crippen LogP contribution in [0.25, 0.3) is 11.1 Å². The third-order valence-corrected chi connectivity index (χ3v) is 5.37. The van der Waals surface area contributed by atoms with E-state index in [0.29, 0.717) is 13.0 Å². The van der Waals surface area contributed by atoms with E-state index >= 15 is 0 Å². The number of aliphatic carboxylic acids is 1. The van der Waals surface area contributed by atoms with Crippen LogP contribution in [-0.4, -0.2) is 30.3 Å². The first kappa shape index (κ1) is 19.7. The molecule has 3 aromatic rings. The Morgan fingerprint density at radius 1 is 0.867 bits per heavy atom. The number of carbonyl (C=O) groups is 2. The molecule has 0 atom stereocenters. The van der Waals surface area contributed by atoms with Crippen LogP contribution in [0.1, 0.15) is 28.2 Å². The van der Waals surface area contributed by atoms with Gasteiger partial charge in [0, 0.05) is 12.5 Å². The van der Waals surface area contributed by atoms with E-state index in [-0.39, 0.29) is 18.9 Å². The van der Waals surface area contributed by atoms with Crippen LogP contribution in [0.5, 0.6) is 0 Å².